The summed E-state index contributed by atoms with van der Waals surface area (Å²) in [6.45, 7) is 1.56. The average Bonchev–Trinajstić information content (AvgIpc) is 2.20. The number of benzene rings is 1. The first-order valence-electron chi connectivity index (χ1n) is 4.54. The third-order valence-corrected chi connectivity index (χ3v) is 2.85. The Morgan fingerprint density at radius 3 is 2.50 bits per heavy atom. The fourth-order valence-corrected chi connectivity index (χ4v) is 1.57. The summed E-state index contributed by atoms with van der Waals surface area (Å²) in [5.41, 5.74) is 0.510. The molecule has 0 heterocycles. The van der Waals surface area contributed by atoms with E-state index in [0.717, 1.165) is 0 Å². The van der Waals surface area contributed by atoms with Gasteiger partial charge in [-0.05, 0) is 24.6 Å². The molecule has 4 nitrogen and oxygen atoms in total. The average molecular weight is 264 g/mol. The van der Waals surface area contributed by atoms with E-state index < -0.39 is 18.2 Å². The van der Waals surface area contributed by atoms with Crippen LogP contribution in [0.3, 0.4) is 0 Å². The standard InChI is InChI=1S/C10H11Cl2NO3/c1-5(13-10(15)16)9(14)6-2-3-7(11)8(12)4-6/h2-5,9,13-14H,1H3,(H,15,16). The van der Waals surface area contributed by atoms with E-state index in [-0.39, 0.29) is 0 Å². The second-order valence-corrected chi connectivity index (χ2v) is 4.17. The largest absolute Gasteiger partial charge is 0.465 e. The lowest BCUT2D eigenvalue weighted by Crippen LogP contribution is -2.35. The number of halogens is 2. The number of amides is 1. The number of aliphatic hydroxyl groups excluding tert-OH is 1. The molecule has 88 valence electrons. The molecule has 0 aromatic heterocycles. The molecule has 0 saturated carbocycles. The van der Waals surface area contributed by atoms with Crippen molar-refractivity contribution in [2.45, 2.75) is 19.1 Å². The van der Waals surface area contributed by atoms with Gasteiger partial charge in [-0.2, -0.15) is 0 Å². The molecule has 0 bridgehead atoms. The van der Waals surface area contributed by atoms with Crippen molar-refractivity contribution >= 4 is 29.3 Å². The number of nitrogens with one attached hydrogen (secondary N) is 1. The van der Waals surface area contributed by atoms with Crippen LogP contribution in [-0.2, 0) is 0 Å². The normalized spacial score (nSPS) is 14.2. The fraction of sp³-hybridized carbons (Fsp3) is 0.300. The quantitative estimate of drug-likeness (QED) is 0.786. The van der Waals surface area contributed by atoms with Crippen molar-refractivity contribution in [1.29, 1.82) is 0 Å². The van der Waals surface area contributed by atoms with Crippen molar-refractivity contribution in [3.05, 3.63) is 33.8 Å². The van der Waals surface area contributed by atoms with Crippen molar-refractivity contribution in [3.63, 3.8) is 0 Å². The van der Waals surface area contributed by atoms with Gasteiger partial charge in [-0.25, -0.2) is 4.79 Å². The molecular formula is C10H11Cl2NO3. The monoisotopic (exact) mass is 263 g/mol. The van der Waals surface area contributed by atoms with E-state index in [1.807, 2.05) is 0 Å². The molecule has 16 heavy (non-hydrogen) atoms. The van der Waals surface area contributed by atoms with Crippen LogP contribution in [0.5, 0.6) is 0 Å². The second-order valence-electron chi connectivity index (χ2n) is 3.36. The summed E-state index contributed by atoms with van der Waals surface area (Å²) >= 11 is 11.5. The summed E-state index contributed by atoms with van der Waals surface area (Å²) < 4.78 is 0. The van der Waals surface area contributed by atoms with E-state index in [0.29, 0.717) is 15.6 Å². The molecule has 1 aromatic carbocycles. The molecule has 0 aliphatic rings. The Labute approximate surface area is 103 Å². The smallest absolute Gasteiger partial charge is 0.404 e. The maximum absolute atomic E-state index is 10.4. The minimum Gasteiger partial charge on any atom is -0.465 e. The molecule has 0 saturated heterocycles. The van der Waals surface area contributed by atoms with Crippen molar-refractivity contribution in [3.8, 4) is 0 Å². The van der Waals surface area contributed by atoms with Crippen LogP contribution in [0, 0.1) is 0 Å². The maximum atomic E-state index is 10.4. The fourth-order valence-electron chi connectivity index (χ4n) is 1.26. The van der Waals surface area contributed by atoms with E-state index in [2.05, 4.69) is 5.32 Å². The number of carboxylic acid groups (broad SMARTS) is 1. The Morgan fingerprint density at radius 1 is 1.38 bits per heavy atom. The first-order valence-corrected chi connectivity index (χ1v) is 5.30. The van der Waals surface area contributed by atoms with Crippen LogP contribution in [0.15, 0.2) is 18.2 Å². The van der Waals surface area contributed by atoms with Crippen LogP contribution in [0.4, 0.5) is 4.79 Å². The van der Waals surface area contributed by atoms with Crippen molar-refractivity contribution in [2.24, 2.45) is 0 Å². The maximum Gasteiger partial charge on any atom is 0.404 e. The van der Waals surface area contributed by atoms with Crippen LogP contribution in [-0.4, -0.2) is 22.3 Å². The van der Waals surface area contributed by atoms with Gasteiger partial charge in [0.1, 0.15) is 0 Å². The predicted molar refractivity (Wildman–Crippen MR) is 62.0 cm³/mol. The SMILES string of the molecule is CC(NC(=O)O)C(O)c1ccc(Cl)c(Cl)c1. The minimum atomic E-state index is -1.19. The molecule has 0 radical (unpaired) electrons. The first-order chi connectivity index (χ1) is 7.41. The summed E-state index contributed by atoms with van der Waals surface area (Å²) in [5, 5.41) is 21.2. The molecule has 6 heteroatoms. The van der Waals surface area contributed by atoms with E-state index in [1.165, 1.54) is 6.07 Å². The van der Waals surface area contributed by atoms with Gasteiger partial charge >= 0.3 is 6.09 Å². The van der Waals surface area contributed by atoms with Crippen molar-refractivity contribution < 1.29 is 15.0 Å². The molecule has 1 rings (SSSR count). The van der Waals surface area contributed by atoms with Crippen LogP contribution in [0.1, 0.15) is 18.6 Å². The van der Waals surface area contributed by atoms with Crippen LogP contribution in [0.25, 0.3) is 0 Å². The van der Waals surface area contributed by atoms with E-state index >= 15 is 0 Å². The number of rotatable bonds is 3. The van der Waals surface area contributed by atoms with Gasteiger partial charge < -0.3 is 15.5 Å². The molecule has 0 fully saturated rings. The lowest BCUT2D eigenvalue weighted by molar-refractivity contribution is 0.127. The Bertz CT molecular complexity index is 398. The van der Waals surface area contributed by atoms with Gasteiger partial charge in [0.15, 0.2) is 0 Å². The summed E-state index contributed by atoms with van der Waals surface area (Å²) in [5.74, 6) is 0. The van der Waals surface area contributed by atoms with E-state index in [1.54, 1.807) is 19.1 Å². The van der Waals surface area contributed by atoms with Gasteiger partial charge in [-0.1, -0.05) is 29.3 Å². The molecule has 1 amide bonds. The van der Waals surface area contributed by atoms with Gasteiger partial charge in [0, 0.05) is 0 Å². The Balaban J connectivity index is 2.83. The number of aliphatic hydroxyl groups is 1. The lowest BCUT2D eigenvalue weighted by atomic mass is 10.0. The van der Waals surface area contributed by atoms with Gasteiger partial charge in [-0.15, -0.1) is 0 Å². The number of hydrogen-bond donors (Lipinski definition) is 3. The van der Waals surface area contributed by atoms with Gasteiger partial charge in [0.2, 0.25) is 0 Å². The summed E-state index contributed by atoms with van der Waals surface area (Å²) in [4.78, 5) is 10.4. The summed E-state index contributed by atoms with van der Waals surface area (Å²) in [6, 6.07) is 4.03. The van der Waals surface area contributed by atoms with Gasteiger partial charge in [0.25, 0.3) is 0 Å². The predicted octanol–water partition coefficient (Wildman–Crippen LogP) is 2.68. The van der Waals surface area contributed by atoms with Crippen LogP contribution in [0.2, 0.25) is 10.0 Å². The molecule has 2 unspecified atom stereocenters. The highest BCUT2D eigenvalue weighted by molar-refractivity contribution is 6.42. The zero-order valence-corrected chi connectivity index (χ0v) is 9.96. The Hall–Kier alpha value is -0.970. The zero-order chi connectivity index (χ0) is 12.3. The van der Waals surface area contributed by atoms with Gasteiger partial charge in [0.05, 0.1) is 22.2 Å². The second kappa shape index (κ2) is 5.39. The highest BCUT2D eigenvalue weighted by atomic mass is 35.5. The third-order valence-electron chi connectivity index (χ3n) is 2.11. The highest BCUT2D eigenvalue weighted by Crippen LogP contribution is 2.26. The zero-order valence-electron chi connectivity index (χ0n) is 8.45. The van der Waals surface area contributed by atoms with Crippen LogP contribution >= 0.6 is 23.2 Å². The molecule has 3 N–H and O–H groups in total. The molecule has 2 atom stereocenters. The molecule has 1 aromatic rings. The highest BCUT2D eigenvalue weighted by Gasteiger charge is 2.18. The third kappa shape index (κ3) is 3.27. The lowest BCUT2D eigenvalue weighted by Gasteiger charge is -2.19. The van der Waals surface area contributed by atoms with Gasteiger partial charge in [-0.3, -0.25) is 0 Å². The topological polar surface area (TPSA) is 69.6 Å². The van der Waals surface area contributed by atoms with Crippen LogP contribution < -0.4 is 5.32 Å². The first kappa shape index (κ1) is 13.1. The Kier molecular flexibility index (Phi) is 4.41. The molecular weight excluding hydrogens is 253 g/mol. The minimum absolute atomic E-state index is 0.320. The van der Waals surface area contributed by atoms with Crippen molar-refractivity contribution in [1.82, 2.24) is 5.32 Å². The Morgan fingerprint density at radius 2 is 2.00 bits per heavy atom. The molecule has 0 spiro atoms. The summed E-state index contributed by atoms with van der Waals surface area (Å²) in [6.07, 6.45) is -2.16. The van der Waals surface area contributed by atoms with E-state index in [4.69, 9.17) is 28.3 Å². The summed E-state index contributed by atoms with van der Waals surface area (Å²) in [7, 11) is 0. The number of hydrogen-bond acceptors (Lipinski definition) is 2. The molecule has 0 aliphatic heterocycles. The molecule has 0 aliphatic carbocycles. The van der Waals surface area contributed by atoms with E-state index in [9.17, 15) is 9.90 Å². The van der Waals surface area contributed by atoms with Crippen molar-refractivity contribution in [2.75, 3.05) is 0 Å². The number of carbonyl (C=O) groups is 1.